The molecule has 0 unspecified atom stereocenters. The largest absolute Gasteiger partial charge is 0.390 e. The summed E-state index contributed by atoms with van der Waals surface area (Å²) in [5.41, 5.74) is 1.86. The second-order valence-corrected chi connectivity index (χ2v) is 6.62. The van der Waals surface area contributed by atoms with Gasteiger partial charge in [-0.1, -0.05) is 35.9 Å². The molecule has 1 aromatic heterocycles. The lowest BCUT2D eigenvalue weighted by Gasteiger charge is -2.26. The summed E-state index contributed by atoms with van der Waals surface area (Å²) >= 11 is 5.76. The van der Waals surface area contributed by atoms with Crippen LogP contribution in [0.3, 0.4) is 0 Å². The fourth-order valence-corrected chi connectivity index (χ4v) is 3.08. The molecule has 0 saturated heterocycles. The van der Waals surface area contributed by atoms with Gasteiger partial charge in [0.05, 0.1) is 23.4 Å². The van der Waals surface area contributed by atoms with Crippen molar-refractivity contribution in [3.05, 3.63) is 70.8 Å². The number of aliphatic hydroxyl groups excluding tert-OH is 1. The first-order chi connectivity index (χ1) is 12.9. The number of aromatic nitrogens is 1. The Morgan fingerprint density at radius 2 is 2.00 bits per heavy atom. The Kier molecular flexibility index (Phi) is 5.58. The number of nitrogens with one attached hydrogen (secondary N) is 1. The van der Waals surface area contributed by atoms with Crippen LogP contribution >= 0.6 is 11.6 Å². The lowest BCUT2D eigenvalue weighted by molar-refractivity contribution is 0.208. The van der Waals surface area contributed by atoms with Gasteiger partial charge in [-0.05, 0) is 30.5 Å². The van der Waals surface area contributed by atoms with Crippen molar-refractivity contribution in [2.24, 2.45) is 0 Å². The summed E-state index contributed by atoms with van der Waals surface area (Å²) in [5, 5.41) is 13.9. The summed E-state index contributed by atoms with van der Waals surface area (Å²) < 4.78 is 13.3. The molecular weight excluding hydrogens is 369 g/mol. The summed E-state index contributed by atoms with van der Waals surface area (Å²) in [7, 11) is 1.67. The van der Waals surface area contributed by atoms with Gasteiger partial charge in [0, 0.05) is 29.9 Å². The fraction of sp³-hybridized carbons (Fsp3) is 0.200. The van der Waals surface area contributed by atoms with Gasteiger partial charge in [-0.15, -0.1) is 0 Å². The van der Waals surface area contributed by atoms with Gasteiger partial charge in [-0.3, -0.25) is 4.98 Å². The van der Waals surface area contributed by atoms with Crippen molar-refractivity contribution in [1.29, 1.82) is 0 Å². The Hall–Kier alpha value is -2.70. The molecule has 2 amide bonds. The number of anilines is 1. The second-order valence-electron chi connectivity index (χ2n) is 6.21. The van der Waals surface area contributed by atoms with Gasteiger partial charge in [0.25, 0.3) is 0 Å². The van der Waals surface area contributed by atoms with E-state index in [0.29, 0.717) is 11.4 Å². The number of fused-ring (bicyclic) bond motifs is 1. The molecule has 0 saturated carbocycles. The standard InChI is InChI=1S/C20H19ClFN3O2/c1-12(16-10-23-19(11-26)15-6-4-3-5-14(15)16)25(2)20(27)24-13-7-8-18(22)17(21)9-13/h3-10,12,26H,11H2,1-2H3,(H,24,27)/t12-/m1/s1. The molecular formula is C20H19ClFN3O2. The molecule has 3 aromatic rings. The van der Waals surface area contributed by atoms with E-state index in [1.807, 2.05) is 31.2 Å². The fourth-order valence-electron chi connectivity index (χ4n) is 2.90. The maximum Gasteiger partial charge on any atom is 0.322 e. The number of aliphatic hydroxyl groups is 1. The van der Waals surface area contributed by atoms with Gasteiger partial charge < -0.3 is 15.3 Å². The van der Waals surface area contributed by atoms with Crippen molar-refractivity contribution >= 4 is 34.1 Å². The van der Waals surface area contributed by atoms with E-state index >= 15 is 0 Å². The first kappa shape index (κ1) is 19.1. The van der Waals surface area contributed by atoms with E-state index in [4.69, 9.17) is 11.6 Å². The average Bonchev–Trinajstić information content (AvgIpc) is 2.68. The normalized spacial score (nSPS) is 12.0. The molecule has 0 fully saturated rings. The van der Waals surface area contributed by atoms with Crippen molar-refractivity contribution in [2.75, 3.05) is 12.4 Å². The quantitative estimate of drug-likeness (QED) is 0.679. The number of carbonyl (C=O) groups is 1. The van der Waals surface area contributed by atoms with Gasteiger partial charge in [0.15, 0.2) is 0 Å². The van der Waals surface area contributed by atoms with Gasteiger partial charge in [0.1, 0.15) is 5.82 Å². The number of nitrogens with zero attached hydrogens (tertiary/aromatic N) is 2. The van der Waals surface area contributed by atoms with Crippen LogP contribution in [0.25, 0.3) is 10.8 Å². The van der Waals surface area contributed by atoms with Gasteiger partial charge >= 0.3 is 6.03 Å². The Labute approximate surface area is 161 Å². The SMILES string of the molecule is C[C@H](c1cnc(CO)c2ccccc12)N(C)C(=O)Nc1ccc(F)c(Cl)c1. The minimum absolute atomic E-state index is 0.0571. The third-order valence-electron chi connectivity index (χ3n) is 4.58. The molecule has 0 radical (unpaired) electrons. The highest BCUT2D eigenvalue weighted by Crippen LogP contribution is 2.29. The second kappa shape index (κ2) is 7.90. The Bertz CT molecular complexity index is 996. The van der Waals surface area contributed by atoms with Crippen molar-refractivity contribution in [1.82, 2.24) is 9.88 Å². The number of benzene rings is 2. The maximum absolute atomic E-state index is 13.3. The topological polar surface area (TPSA) is 65.5 Å². The molecule has 0 spiro atoms. The van der Waals surface area contributed by atoms with Crippen LogP contribution in [0.1, 0.15) is 24.2 Å². The van der Waals surface area contributed by atoms with Crippen LogP contribution in [-0.4, -0.2) is 28.1 Å². The molecule has 7 heteroatoms. The third kappa shape index (κ3) is 3.86. The molecule has 27 heavy (non-hydrogen) atoms. The summed E-state index contributed by atoms with van der Waals surface area (Å²) in [4.78, 5) is 18.5. The molecule has 2 aromatic carbocycles. The zero-order valence-electron chi connectivity index (χ0n) is 14.9. The van der Waals surface area contributed by atoms with Crippen molar-refractivity contribution in [3.63, 3.8) is 0 Å². The summed E-state index contributed by atoms with van der Waals surface area (Å²) in [5.74, 6) is -0.544. The lowest BCUT2D eigenvalue weighted by Crippen LogP contribution is -2.33. The number of amides is 2. The molecule has 5 nitrogen and oxygen atoms in total. The summed E-state index contributed by atoms with van der Waals surface area (Å²) in [6.45, 7) is 1.73. The van der Waals surface area contributed by atoms with Gasteiger partial charge in [-0.25, -0.2) is 9.18 Å². The van der Waals surface area contributed by atoms with Gasteiger partial charge in [0.2, 0.25) is 0 Å². The third-order valence-corrected chi connectivity index (χ3v) is 4.87. The van der Waals surface area contributed by atoms with Crippen LogP contribution in [0.2, 0.25) is 5.02 Å². The van der Waals surface area contributed by atoms with E-state index in [9.17, 15) is 14.3 Å². The number of carbonyl (C=O) groups excluding carboxylic acids is 1. The van der Waals surface area contributed by atoms with Crippen LogP contribution in [0.5, 0.6) is 0 Å². The van der Waals surface area contributed by atoms with Crippen molar-refractivity contribution in [3.8, 4) is 0 Å². The van der Waals surface area contributed by atoms with Crippen molar-refractivity contribution < 1.29 is 14.3 Å². The minimum atomic E-state index is -0.544. The monoisotopic (exact) mass is 387 g/mol. The van der Waals surface area contributed by atoms with Crippen molar-refractivity contribution in [2.45, 2.75) is 19.6 Å². The highest BCUT2D eigenvalue weighted by atomic mass is 35.5. The number of hydrogen-bond donors (Lipinski definition) is 2. The highest BCUT2D eigenvalue weighted by molar-refractivity contribution is 6.31. The zero-order chi connectivity index (χ0) is 19.6. The van der Waals surface area contributed by atoms with E-state index in [1.165, 1.54) is 23.1 Å². The van der Waals surface area contributed by atoms with Crippen LogP contribution in [0.4, 0.5) is 14.9 Å². The smallest absolute Gasteiger partial charge is 0.322 e. The predicted molar refractivity (Wildman–Crippen MR) is 104 cm³/mol. The molecule has 0 aliphatic rings. The Morgan fingerprint density at radius 1 is 1.30 bits per heavy atom. The Balaban J connectivity index is 1.86. The molecule has 1 atom stereocenters. The first-order valence-corrected chi connectivity index (χ1v) is 8.76. The van der Waals surface area contributed by atoms with Crippen LogP contribution in [0, 0.1) is 5.82 Å². The van der Waals surface area contributed by atoms with E-state index in [2.05, 4.69) is 10.3 Å². The molecule has 2 N–H and O–H groups in total. The van der Waals surface area contributed by atoms with E-state index in [-0.39, 0.29) is 23.7 Å². The maximum atomic E-state index is 13.3. The van der Waals surface area contributed by atoms with E-state index in [1.54, 1.807) is 13.2 Å². The summed E-state index contributed by atoms with van der Waals surface area (Å²) in [6.07, 6.45) is 1.68. The predicted octanol–water partition coefficient (Wildman–Crippen LogP) is 4.74. The zero-order valence-corrected chi connectivity index (χ0v) is 15.7. The summed E-state index contributed by atoms with van der Waals surface area (Å²) in [6, 6.07) is 11.0. The highest BCUT2D eigenvalue weighted by Gasteiger charge is 2.21. The van der Waals surface area contributed by atoms with Crippen LogP contribution < -0.4 is 5.32 Å². The number of urea groups is 1. The van der Waals surface area contributed by atoms with Crippen LogP contribution in [-0.2, 0) is 6.61 Å². The number of halogens is 2. The number of rotatable bonds is 4. The number of pyridine rings is 1. The van der Waals surface area contributed by atoms with Gasteiger partial charge in [-0.2, -0.15) is 0 Å². The molecule has 0 aliphatic heterocycles. The number of hydrogen-bond acceptors (Lipinski definition) is 3. The molecule has 3 rings (SSSR count). The Morgan fingerprint density at radius 3 is 2.67 bits per heavy atom. The molecule has 140 valence electrons. The molecule has 0 aliphatic carbocycles. The lowest BCUT2D eigenvalue weighted by atomic mass is 10.00. The first-order valence-electron chi connectivity index (χ1n) is 8.38. The minimum Gasteiger partial charge on any atom is -0.390 e. The molecule has 1 heterocycles. The average molecular weight is 388 g/mol. The molecule has 0 bridgehead atoms. The van der Waals surface area contributed by atoms with E-state index < -0.39 is 5.82 Å². The van der Waals surface area contributed by atoms with Crippen LogP contribution in [0.15, 0.2) is 48.7 Å². The van der Waals surface area contributed by atoms with E-state index in [0.717, 1.165) is 16.3 Å².